The second-order valence-electron chi connectivity index (χ2n) is 4.11. The lowest BCUT2D eigenvalue weighted by molar-refractivity contribution is 1.22. The van der Waals surface area contributed by atoms with Gasteiger partial charge in [0, 0.05) is 12.4 Å². The first-order valence-electron chi connectivity index (χ1n) is 5.96. The molecule has 0 unspecified atom stereocenters. The summed E-state index contributed by atoms with van der Waals surface area (Å²) >= 11 is 4.16. The van der Waals surface area contributed by atoms with Crippen molar-refractivity contribution in [1.29, 1.82) is 0 Å². The van der Waals surface area contributed by atoms with E-state index in [1.54, 1.807) is 0 Å². The van der Waals surface area contributed by atoms with E-state index in [0.29, 0.717) is 0 Å². The molecule has 2 heterocycles. The molecule has 2 aromatic heterocycles. The zero-order chi connectivity index (χ0) is 12.8. The van der Waals surface area contributed by atoms with Crippen molar-refractivity contribution in [2.75, 3.05) is 5.75 Å². The Bertz CT molecular complexity index is 515. The lowest BCUT2D eigenvalue weighted by atomic mass is 10.2. The van der Waals surface area contributed by atoms with Crippen molar-refractivity contribution in [2.45, 2.75) is 13.3 Å². The Morgan fingerprint density at radius 1 is 1.06 bits per heavy atom. The minimum Gasteiger partial charge on any atom is -0.254 e. The first kappa shape index (κ1) is 12.8. The highest BCUT2D eigenvalue weighted by molar-refractivity contribution is 7.80. The van der Waals surface area contributed by atoms with Crippen molar-refractivity contribution in [1.82, 2.24) is 9.97 Å². The summed E-state index contributed by atoms with van der Waals surface area (Å²) in [5.74, 6) is 0.870. The van der Waals surface area contributed by atoms with Crippen molar-refractivity contribution in [3.8, 4) is 11.4 Å². The molecule has 2 aromatic rings. The van der Waals surface area contributed by atoms with Gasteiger partial charge < -0.3 is 0 Å². The van der Waals surface area contributed by atoms with Gasteiger partial charge in [0.05, 0.1) is 11.4 Å². The van der Waals surface area contributed by atoms with E-state index >= 15 is 0 Å². The number of rotatable bonds is 4. The normalized spacial score (nSPS) is 11.0. The number of nitrogens with zero attached hydrogens (tertiary/aromatic N) is 2. The van der Waals surface area contributed by atoms with Gasteiger partial charge in [-0.15, -0.1) is 0 Å². The molecule has 0 spiro atoms. The van der Waals surface area contributed by atoms with E-state index in [1.165, 1.54) is 0 Å². The Kier molecular flexibility index (Phi) is 4.53. The number of thiol groups is 1. The largest absolute Gasteiger partial charge is 0.254 e. The molecule has 0 atom stereocenters. The Hall–Kier alpha value is -1.61. The van der Waals surface area contributed by atoms with Crippen LogP contribution in [0.5, 0.6) is 0 Å². The number of aryl methyl sites for hydroxylation is 1. The molecular formula is C15H16N2S. The molecule has 18 heavy (non-hydrogen) atoms. The number of hydrogen-bond acceptors (Lipinski definition) is 3. The minimum atomic E-state index is 0.870. The summed E-state index contributed by atoms with van der Waals surface area (Å²) < 4.78 is 0. The van der Waals surface area contributed by atoms with Gasteiger partial charge in [-0.25, -0.2) is 0 Å². The van der Waals surface area contributed by atoms with Gasteiger partial charge in [-0.2, -0.15) is 12.6 Å². The van der Waals surface area contributed by atoms with Gasteiger partial charge in [-0.1, -0.05) is 24.3 Å². The fourth-order valence-electron chi connectivity index (χ4n) is 1.57. The zero-order valence-corrected chi connectivity index (χ0v) is 11.3. The van der Waals surface area contributed by atoms with Crippen LogP contribution < -0.4 is 0 Å². The summed E-state index contributed by atoms with van der Waals surface area (Å²) in [6, 6.07) is 8.09. The van der Waals surface area contributed by atoms with Crippen LogP contribution in [0.4, 0.5) is 0 Å². The average molecular weight is 256 g/mol. The standard InChI is InChI=1S/C15H16N2S/c1-12-5-7-14(16-10-12)15-8-6-13(11-17-15)4-2-3-9-18/h2,4-8,10-11,18H,3,9H2,1H3/b4-2+. The third kappa shape index (κ3) is 3.44. The molecule has 0 bridgehead atoms. The molecule has 2 nitrogen and oxygen atoms in total. The van der Waals surface area contributed by atoms with Gasteiger partial charge in [0.25, 0.3) is 0 Å². The molecule has 0 fully saturated rings. The van der Waals surface area contributed by atoms with Crippen LogP contribution in [0.15, 0.2) is 42.7 Å². The average Bonchev–Trinajstić information content (AvgIpc) is 2.41. The van der Waals surface area contributed by atoms with Gasteiger partial charge in [-0.05, 0) is 42.4 Å². The monoisotopic (exact) mass is 256 g/mol. The van der Waals surface area contributed by atoms with Crippen LogP contribution in [0.25, 0.3) is 17.5 Å². The van der Waals surface area contributed by atoms with Crippen LogP contribution in [-0.2, 0) is 0 Å². The molecule has 3 heteroatoms. The van der Waals surface area contributed by atoms with Crippen LogP contribution in [0, 0.1) is 6.92 Å². The Morgan fingerprint density at radius 3 is 2.33 bits per heavy atom. The lowest BCUT2D eigenvalue weighted by Gasteiger charge is -2.01. The van der Waals surface area contributed by atoms with E-state index in [0.717, 1.165) is 34.7 Å². The van der Waals surface area contributed by atoms with E-state index < -0.39 is 0 Å². The van der Waals surface area contributed by atoms with Crippen LogP contribution in [0.3, 0.4) is 0 Å². The van der Waals surface area contributed by atoms with Crippen molar-refractivity contribution in [2.24, 2.45) is 0 Å². The number of hydrogen-bond donors (Lipinski definition) is 1. The molecule has 0 aliphatic carbocycles. The summed E-state index contributed by atoms with van der Waals surface area (Å²) in [4.78, 5) is 8.79. The van der Waals surface area contributed by atoms with Gasteiger partial charge in [-0.3, -0.25) is 9.97 Å². The molecule has 0 aliphatic rings. The molecule has 0 aromatic carbocycles. The molecule has 0 saturated carbocycles. The summed E-state index contributed by atoms with van der Waals surface area (Å²) in [6.07, 6.45) is 8.87. The van der Waals surface area contributed by atoms with E-state index in [-0.39, 0.29) is 0 Å². The molecule has 0 aliphatic heterocycles. The number of pyridine rings is 2. The van der Waals surface area contributed by atoms with Crippen molar-refractivity contribution >= 4 is 18.7 Å². The second kappa shape index (κ2) is 6.36. The molecule has 0 saturated heterocycles. The minimum absolute atomic E-state index is 0.870. The summed E-state index contributed by atoms with van der Waals surface area (Å²) in [7, 11) is 0. The fraction of sp³-hybridized carbons (Fsp3) is 0.200. The molecule has 0 radical (unpaired) electrons. The fourth-order valence-corrected chi connectivity index (χ4v) is 1.72. The summed E-state index contributed by atoms with van der Waals surface area (Å²) in [5, 5.41) is 0. The van der Waals surface area contributed by atoms with Crippen LogP contribution in [-0.4, -0.2) is 15.7 Å². The maximum absolute atomic E-state index is 4.42. The quantitative estimate of drug-likeness (QED) is 0.842. The van der Waals surface area contributed by atoms with E-state index in [2.05, 4.69) is 40.8 Å². The molecule has 2 rings (SSSR count). The summed E-state index contributed by atoms with van der Waals surface area (Å²) in [6.45, 7) is 2.03. The van der Waals surface area contributed by atoms with Crippen molar-refractivity contribution in [3.05, 3.63) is 53.9 Å². The van der Waals surface area contributed by atoms with Gasteiger partial charge in [0.1, 0.15) is 0 Å². The predicted molar refractivity (Wildman–Crippen MR) is 79.7 cm³/mol. The first-order valence-corrected chi connectivity index (χ1v) is 6.59. The van der Waals surface area contributed by atoms with E-state index in [4.69, 9.17) is 0 Å². The van der Waals surface area contributed by atoms with Crippen LogP contribution in [0.1, 0.15) is 17.5 Å². The number of allylic oxidation sites excluding steroid dienone is 1. The van der Waals surface area contributed by atoms with Crippen molar-refractivity contribution in [3.63, 3.8) is 0 Å². The third-order valence-corrected chi connectivity index (χ3v) is 2.82. The molecule has 0 amide bonds. The van der Waals surface area contributed by atoms with Crippen LogP contribution in [0.2, 0.25) is 0 Å². The Morgan fingerprint density at radius 2 is 1.78 bits per heavy atom. The highest BCUT2D eigenvalue weighted by atomic mass is 32.1. The van der Waals surface area contributed by atoms with E-state index in [1.807, 2.05) is 37.5 Å². The Labute approximate surface area is 113 Å². The predicted octanol–water partition coefficient (Wildman–Crippen LogP) is 3.79. The maximum Gasteiger partial charge on any atom is 0.0886 e. The van der Waals surface area contributed by atoms with Gasteiger partial charge in [0.2, 0.25) is 0 Å². The third-order valence-electron chi connectivity index (χ3n) is 2.57. The molecule has 0 N–H and O–H groups in total. The zero-order valence-electron chi connectivity index (χ0n) is 10.4. The SMILES string of the molecule is Cc1ccc(-c2ccc(/C=C/CCS)cn2)nc1. The highest BCUT2D eigenvalue weighted by Gasteiger charge is 1.99. The van der Waals surface area contributed by atoms with E-state index in [9.17, 15) is 0 Å². The van der Waals surface area contributed by atoms with Gasteiger partial charge >= 0.3 is 0 Å². The first-order chi connectivity index (χ1) is 8.79. The van der Waals surface area contributed by atoms with Crippen molar-refractivity contribution < 1.29 is 0 Å². The highest BCUT2D eigenvalue weighted by Crippen LogP contribution is 2.15. The number of aromatic nitrogens is 2. The Balaban J connectivity index is 2.14. The smallest absolute Gasteiger partial charge is 0.0886 e. The summed E-state index contributed by atoms with van der Waals surface area (Å²) in [5.41, 5.74) is 4.07. The molecular weight excluding hydrogens is 240 g/mol. The lowest BCUT2D eigenvalue weighted by Crippen LogP contribution is -1.88. The van der Waals surface area contributed by atoms with Gasteiger partial charge in [0.15, 0.2) is 0 Å². The topological polar surface area (TPSA) is 25.8 Å². The molecule has 92 valence electrons. The second-order valence-corrected chi connectivity index (χ2v) is 4.56. The van der Waals surface area contributed by atoms with Crippen LogP contribution >= 0.6 is 12.6 Å². The maximum atomic E-state index is 4.42.